The quantitative estimate of drug-likeness (QED) is 0.853. The summed E-state index contributed by atoms with van der Waals surface area (Å²) < 4.78 is 0. The van der Waals surface area contributed by atoms with Gasteiger partial charge in [-0.1, -0.05) is 12.8 Å². The highest BCUT2D eigenvalue weighted by Crippen LogP contribution is 2.32. The molecule has 0 aromatic rings. The Bertz CT molecular complexity index is 309. The molecule has 1 saturated heterocycles. The molecule has 2 aliphatic rings. The molecule has 1 aliphatic heterocycles. The third-order valence-electron chi connectivity index (χ3n) is 5.06. The molecule has 2 N–H and O–H groups in total. The molecule has 0 radical (unpaired) electrons. The number of carbonyl (C=O) groups excluding carboxylic acids is 1. The molecule has 1 amide bonds. The fourth-order valence-corrected chi connectivity index (χ4v) is 3.73. The van der Waals surface area contributed by atoms with Gasteiger partial charge in [-0.3, -0.25) is 9.69 Å². The number of carbonyl (C=O) groups is 1. The molecule has 4 heteroatoms. The second-order valence-electron chi connectivity index (χ2n) is 6.76. The van der Waals surface area contributed by atoms with Crippen molar-refractivity contribution in [2.45, 2.75) is 52.0 Å². The van der Waals surface area contributed by atoms with Crippen LogP contribution < -0.4 is 5.73 Å². The lowest BCUT2D eigenvalue weighted by Gasteiger charge is -2.39. The van der Waals surface area contributed by atoms with E-state index in [-0.39, 0.29) is 5.92 Å². The molecule has 2 fully saturated rings. The standard InChI is InChI=1S/C16H31N3O/c1-13(2)18-8-10-19(11-9-18)16(20)15-5-3-4-14(12-15)6-7-17/h13-15H,3-12,17H2,1-2H3. The molecule has 2 rings (SSSR count). The fraction of sp³-hybridized carbons (Fsp3) is 0.938. The molecule has 2 atom stereocenters. The van der Waals surface area contributed by atoms with Crippen LogP contribution in [-0.2, 0) is 4.79 Å². The normalized spacial score (nSPS) is 28.9. The smallest absolute Gasteiger partial charge is 0.225 e. The van der Waals surface area contributed by atoms with Gasteiger partial charge in [-0.05, 0) is 45.6 Å². The summed E-state index contributed by atoms with van der Waals surface area (Å²) in [4.78, 5) is 17.2. The van der Waals surface area contributed by atoms with E-state index in [9.17, 15) is 4.79 Å². The fourth-order valence-electron chi connectivity index (χ4n) is 3.73. The van der Waals surface area contributed by atoms with Gasteiger partial charge in [-0.15, -0.1) is 0 Å². The molecular weight excluding hydrogens is 250 g/mol. The van der Waals surface area contributed by atoms with E-state index in [0.29, 0.717) is 17.9 Å². The minimum Gasteiger partial charge on any atom is -0.340 e. The number of nitrogens with zero attached hydrogens (tertiary/aromatic N) is 2. The Labute approximate surface area is 123 Å². The molecule has 1 aliphatic carbocycles. The van der Waals surface area contributed by atoms with E-state index in [1.54, 1.807) is 0 Å². The Morgan fingerprint density at radius 2 is 1.90 bits per heavy atom. The van der Waals surface area contributed by atoms with Crippen molar-refractivity contribution in [2.75, 3.05) is 32.7 Å². The Morgan fingerprint density at radius 3 is 2.50 bits per heavy atom. The first-order chi connectivity index (χ1) is 9.61. The van der Waals surface area contributed by atoms with Crippen LogP contribution in [0.4, 0.5) is 0 Å². The highest BCUT2D eigenvalue weighted by molar-refractivity contribution is 5.79. The first kappa shape index (κ1) is 15.8. The zero-order valence-electron chi connectivity index (χ0n) is 13.2. The average molecular weight is 281 g/mol. The first-order valence-corrected chi connectivity index (χ1v) is 8.34. The van der Waals surface area contributed by atoms with E-state index in [0.717, 1.165) is 52.0 Å². The summed E-state index contributed by atoms with van der Waals surface area (Å²) in [5.74, 6) is 1.36. The summed E-state index contributed by atoms with van der Waals surface area (Å²) >= 11 is 0. The van der Waals surface area contributed by atoms with Crippen molar-refractivity contribution >= 4 is 5.91 Å². The van der Waals surface area contributed by atoms with E-state index >= 15 is 0 Å². The van der Waals surface area contributed by atoms with Crippen LogP contribution in [0.25, 0.3) is 0 Å². The largest absolute Gasteiger partial charge is 0.340 e. The Hall–Kier alpha value is -0.610. The minimum atomic E-state index is 0.269. The molecule has 1 saturated carbocycles. The molecule has 1 heterocycles. The van der Waals surface area contributed by atoms with Crippen LogP contribution in [0.3, 0.4) is 0 Å². The maximum absolute atomic E-state index is 12.7. The van der Waals surface area contributed by atoms with Crippen molar-refractivity contribution in [3.05, 3.63) is 0 Å². The maximum Gasteiger partial charge on any atom is 0.225 e. The van der Waals surface area contributed by atoms with Crippen LogP contribution in [0.1, 0.15) is 46.0 Å². The first-order valence-electron chi connectivity index (χ1n) is 8.34. The number of hydrogen-bond donors (Lipinski definition) is 1. The van der Waals surface area contributed by atoms with Crippen molar-refractivity contribution < 1.29 is 4.79 Å². The third kappa shape index (κ3) is 3.95. The summed E-state index contributed by atoms with van der Waals surface area (Å²) in [5, 5.41) is 0. The SMILES string of the molecule is CC(C)N1CCN(C(=O)C2CCCC(CCN)C2)CC1. The predicted molar refractivity (Wildman–Crippen MR) is 82.4 cm³/mol. The molecule has 0 aromatic heterocycles. The van der Waals surface area contributed by atoms with Crippen LogP contribution in [0.5, 0.6) is 0 Å². The zero-order chi connectivity index (χ0) is 14.5. The molecule has 0 spiro atoms. The second kappa shape index (κ2) is 7.41. The van der Waals surface area contributed by atoms with Gasteiger partial charge in [0.1, 0.15) is 0 Å². The van der Waals surface area contributed by atoms with Gasteiger partial charge in [-0.25, -0.2) is 0 Å². The van der Waals surface area contributed by atoms with E-state index in [1.165, 1.54) is 12.8 Å². The van der Waals surface area contributed by atoms with Crippen molar-refractivity contribution in [1.29, 1.82) is 0 Å². The number of amides is 1. The molecule has 0 aromatic carbocycles. The number of hydrogen-bond acceptors (Lipinski definition) is 3. The van der Waals surface area contributed by atoms with Gasteiger partial charge in [0.15, 0.2) is 0 Å². The number of piperazine rings is 1. The lowest BCUT2D eigenvalue weighted by Crippen LogP contribution is -2.52. The molecular formula is C16H31N3O. The van der Waals surface area contributed by atoms with E-state index < -0.39 is 0 Å². The van der Waals surface area contributed by atoms with Crippen molar-refractivity contribution in [3.63, 3.8) is 0 Å². The van der Waals surface area contributed by atoms with Crippen LogP contribution in [0.2, 0.25) is 0 Å². The highest BCUT2D eigenvalue weighted by Gasteiger charge is 2.31. The third-order valence-corrected chi connectivity index (χ3v) is 5.06. The lowest BCUT2D eigenvalue weighted by molar-refractivity contribution is -0.139. The summed E-state index contributed by atoms with van der Waals surface area (Å²) in [7, 11) is 0. The van der Waals surface area contributed by atoms with Crippen LogP contribution >= 0.6 is 0 Å². The van der Waals surface area contributed by atoms with Gasteiger partial charge in [0, 0.05) is 38.1 Å². The average Bonchev–Trinajstić information content (AvgIpc) is 2.47. The van der Waals surface area contributed by atoms with Crippen molar-refractivity contribution in [1.82, 2.24) is 9.80 Å². The summed E-state index contributed by atoms with van der Waals surface area (Å²) in [6.45, 7) is 9.11. The summed E-state index contributed by atoms with van der Waals surface area (Å²) in [6.07, 6.45) is 5.71. The Morgan fingerprint density at radius 1 is 1.20 bits per heavy atom. The van der Waals surface area contributed by atoms with E-state index in [1.807, 2.05) is 0 Å². The Kier molecular flexibility index (Phi) is 5.85. The van der Waals surface area contributed by atoms with Gasteiger partial charge in [0.05, 0.1) is 0 Å². The minimum absolute atomic E-state index is 0.269. The van der Waals surface area contributed by atoms with Gasteiger partial charge >= 0.3 is 0 Å². The van der Waals surface area contributed by atoms with E-state index in [2.05, 4.69) is 23.6 Å². The zero-order valence-corrected chi connectivity index (χ0v) is 13.2. The van der Waals surface area contributed by atoms with Gasteiger partial charge in [0.25, 0.3) is 0 Å². The topological polar surface area (TPSA) is 49.6 Å². The number of nitrogens with two attached hydrogens (primary N) is 1. The molecule has 116 valence electrons. The maximum atomic E-state index is 12.7. The van der Waals surface area contributed by atoms with Gasteiger partial charge < -0.3 is 10.6 Å². The highest BCUT2D eigenvalue weighted by atomic mass is 16.2. The molecule has 4 nitrogen and oxygen atoms in total. The van der Waals surface area contributed by atoms with E-state index in [4.69, 9.17) is 5.73 Å². The van der Waals surface area contributed by atoms with Crippen LogP contribution in [-0.4, -0.2) is 54.5 Å². The second-order valence-corrected chi connectivity index (χ2v) is 6.76. The monoisotopic (exact) mass is 281 g/mol. The summed E-state index contributed by atoms with van der Waals surface area (Å²) in [6, 6.07) is 0.593. The van der Waals surface area contributed by atoms with Gasteiger partial charge in [0.2, 0.25) is 5.91 Å². The van der Waals surface area contributed by atoms with Crippen molar-refractivity contribution in [3.8, 4) is 0 Å². The molecule has 2 unspecified atom stereocenters. The van der Waals surface area contributed by atoms with Crippen molar-refractivity contribution in [2.24, 2.45) is 17.6 Å². The summed E-state index contributed by atoms with van der Waals surface area (Å²) in [5.41, 5.74) is 5.67. The number of rotatable bonds is 4. The predicted octanol–water partition coefficient (Wildman–Crippen LogP) is 1.69. The van der Waals surface area contributed by atoms with Gasteiger partial charge in [-0.2, -0.15) is 0 Å². The lowest BCUT2D eigenvalue weighted by atomic mass is 9.79. The van der Waals surface area contributed by atoms with Crippen LogP contribution in [0.15, 0.2) is 0 Å². The Balaban J connectivity index is 1.82. The molecule has 0 bridgehead atoms. The molecule has 20 heavy (non-hydrogen) atoms. The van der Waals surface area contributed by atoms with Crippen LogP contribution in [0, 0.1) is 11.8 Å².